The average Bonchev–Trinajstić information content (AvgIpc) is 2.40. The normalized spacial score (nSPS) is 25.8. The summed E-state index contributed by atoms with van der Waals surface area (Å²) in [7, 11) is 1.98. The van der Waals surface area contributed by atoms with Crippen LogP contribution in [0.15, 0.2) is 0 Å². The van der Waals surface area contributed by atoms with E-state index in [4.69, 9.17) is 4.74 Å². The van der Waals surface area contributed by atoms with Gasteiger partial charge in [0, 0.05) is 19.1 Å². The molecule has 18 heavy (non-hydrogen) atoms. The third-order valence-corrected chi connectivity index (χ3v) is 3.88. The van der Waals surface area contributed by atoms with Crippen LogP contribution in [0.5, 0.6) is 0 Å². The van der Waals surface area contributed by atoms with E-state index in [0.29, 0.717) is 6.04 Å². The van der Waals surface area contributed by atoms with Crippen molar-refractivity contribution in [1.82, 2.24) is 10.2 Å². The third-order valence-electron chi connectivity index (χ3n) is 3.88. The van der Waals surface area contributed by atoms with E-state index < -0.39 is 0 Å². The summed E-state index contributed by atoms with van der Waals surface area (Å²) in [6, 6.07) is 0.394. The van der Waals surface area contributed by atoms with Gasteiger partial charge in [-0.3, -0.25) is 4.79 Å². The highest BCUT2D eigenvalue weighted by atomic mass is 16.5. The van der Waals surface area contributed by atoms with Gasteiger partial charge in [-0.2, -0.15) is 0 Å². The van der Waals surface area contributed by atoms with E-state index in [2.05, 4.69) is 5.32 Å². The van der Waals surface area contributed by atoms with E-state index in [0.717, 1.165) is 25.9 Å². The number of hydrogen-bond donors (Lipinski definition) is 1. The molecule has 3 atom stereocenters. The highest BCUT2D eigenvalue weighted by molar-refractivity contribution is 5.80. The van der Waals surface area contributed by atoms with E-state index in [1.165, 1.54) is 12.8 Å². The summed E-state index contributed by atoms with van der Waals surface area (Å²) in [4.78, 5) is 14.0. The summed E-state index contributed by atoms with van der Waals surface area (Å²) in [6.07, 6.45) is 4.51. The number of rotatable bonds is 6. The van der Waals surface area contributed by atoms with E-state index in [9.17, 15) is 4.79 Å². The van der Waals surface area contributed by atoms with Crippen LogP contribution in [0.4, 0.5) is 0 Å². The molecule has 0 aliphatic heterocycles. The van der Waals surface area contributed by atoms with Gasteiger partial charge in [-0.05, 0) is 40.7 Å². The number of carbonyl (C=O) groups excluding carboxylic acids is 1. The topological polar surface area (TPSA) is 41.6 Å². The van der Waals surface area contributed by atoms with Gasteiger partial charge >= 0.3 is 0 Å². The fourth-order valence-electron chi connectivity index (χ4n) is 2.70. The van der Waals surface area contributed by atoms with Gasteiger partial charge in [0.25, 0.3) is 5.91 Å². The molecule has 0 aromatic rings. The lowest BCUT2D eigenvalue weighted by molar-refractivity contribution is -0.148. The van der Waals surface area contributed by atoms with Crippen LogP contribution < -0.4 is 5.32 Å². The first-order valence-corrected chi connectivity index (χ1v) is 7.25. The smallest absolute Gasteiger partial charge is 0.251 e. The Balaban J connectivity index is 2.51. The zero-order chi connectivity index (χ0) is 13.5. The molecule has 3 unspecified atom stereocenters. The van der Waals surface area contributed by atoms with Crippen LogP contribution in [0.3, 0.4) is 0 Å². The molecule has 0 heterocycles. The molecule has 0 bridgehead atoms. The third kappa shape index (κ3) is 3.95. The number of likely N-dealkylation sites (N-methyl/N-ethyl adjacent to an activating group) is 2. The van der Waals surface area contributed by atoms with Crippen molar-refractivity contribution in [2.45, 2.75) is 64.7 Å². The molecule has 0 aromatic heterocycles. The van der Waals surface area contributed by atoms with Crippen molar-refractivity contribution < 1.29 is 9.53 Å². The van der Waals surface area contributed by atoms with Crippen molar-refractivity contribution in [1.29, 1.82) is 0 Å². The molecule has 4 heteroatoms. The molecule has 1 aliphatic carbocycles. The van der Waals surface area contributed by atoms with Gasteiger partial charge in [0.1, 0.15) is 6.10 Å². The average molecular weight is 256 g/mol. The van der Waals surface area contributed by atoms with Crippen molar-refractivity contribution in [3.63, 3.8) is 0 Å². The molecule has 1 saturated carbocycles. The summed E-state index contributed by atoms with van der Waals surface area (Å²) in [5.41, 5.74) is 0. The second-order valence-corrected chi connectivity index (χ2v) is 5.01. The maximum Gasteiger partial charge on any atom is 0.251 e. The van der Waals surface area contributed by atoms with Crippen LogP contribution in [0.2, 0.25) is 0 Å². The van der Waals surface area contributed by atoms with Crippen LogP contribution in [-0.2, 0) is 9.53 Å². The van der Waals surface area contributed by atoms with Gasteiger partial charge in [-0.25, -0.2) is 0 Å². The largest absolute Gasteiger partial charge is 0.364 e. The number of amides is 1. The Morgan fingerprint density at radius 3 is 2.50 bits per heavy atom. The molecule has 1 amide bonds. The lowest BCUT2D eigenvalue weighted by Gasteiger charge is -2.34. The molecular formula is C14H28N2O2. The summed E-state index contributed by atoms with van der Waals surface area (Å²) < 4.78 is 5.99. The predicted molar refractivity (Wildman–Crippen MR) is 73.6 cm³/mol. The maximum atomic E-state index is 12.2. The number of nitrogens with one attached hydrogen (secondary N) is 1. The quantitative estimate of drug-likeness (QED) is 0.788. The first kappa shape index (κ1) is 15.4. The van der Waals surface area contributed by atoms with Gasteiger partial charge in [-0.1, -0.05) is 12.8 Å². The first-order valence-electron chi connectivity index (χ1n) is 7.25. The van der Waals surface area contributed by atoms with Crippen LogP contribution in [0, 0.1) is 0 Å². The van der Waals surface area contributed by atoms with Gasteiger partial charge in [0.05, 0.1) is 6.10 Å². The second-order valence-electron chi connectivity index (χ2n) is 5.01. The molecule has 0 radical (unpaired) electrons. The minimum atomic E-state index is -0.330. The molecule has 0 spiro atoms. The van der Waals surface area contributed by atoms with Crippen LogP contribution in [0.25, 0.3) is 0 Å². The van der Waals surface area contributed by atoms with E-state index >= 15 is 0 Å². The minimum Gasteiger partial charge on any atom is -0.364 e. The second kappa shape index (κ2) is 7.74. The number of ether oxygens (including phenoxy) is 1. The zero-order valence-corrected chi connectivity index (χ0v) is 12.2. The Hall–Kier alpha value is -0.610. The van der Waals surface area contributed by atoms with Gasteiger partial charge < -0.3 is 15.0 Å². The Morgan fingerprint density at radius 2 is 1.94 bits per heavy atom. The summed E-state index contributed by atoms with van der Waals surface area (Å²) in [5, 5.41) is 3.31. The van der Waals surface area contributed by atoms with E-state index in [1.807, 2.05) is 32.7 Å². The first-order chi connectivity index (χ1) is 8.63. The summed E-state index contributed by atoms with van der Waals surface area (Å²) >= 11 is 0. The fourth-order valence-corrected chi connectivity index (χ4v) is 2.70. The Labute approximate surface area is 111 Å². The lowest BCUT2D eigenvalue weighted by atomic mass is 9.92. The standard InChI is InChI=1S/C14H28N2O2/c1-5-16(6-2)14(17)11(3)18-13-10-8-7-9-12(13)15-4/h11-13,15H,5-10H2,1-4H3. The van der Waals surface area contributed by atoms with Crippen LogP contribution in [-0.4, -0.2) is 49.2 Å². The molecular weight excluding hydrogens is 228 g/mol. The van der Waals surface area contributed by atoms with Gasteiger partial charge in [0.2, 0.25) is 0 Å². The van der Waals surface area contributed by atoms with Crippen LogP contribution >= 0.6 is 0 Å². The van der Waals surface area contributed by atoms with Gasteiger partial charge in [0.15, 0.2) is 0 Å². The zero-order valence-electron chi connectivity index (χ0n) is 12.2. The molecule has 1 N–H and O–H groups in total. The highest BCUT2D eigenvalue weighted by Crippen LogP contribution is 2.22. The monoisotopic (exact) mass is 256 g/mol. The Kier molecular flexibility index (Phi) is 6.65. The molecule has 1 fully saturated rings. The SMILES string of the molecule is CCN(CC)C(=O)C(C)OC1CCCCC1NC. The van der Waals surface area contributed by atoms with E-state index in [1.54, 1.807) is 0 Å². The number of hydrogen-bond acceptors (Lipinski definition) is 3. The number of carbonyl (C=O) groups is 1. The Bertz CT molecular complexity index is 254. The minimum absolute atomic E-state index is 0.112. The maximum absolute atomic E-state index is 12.2. The molecule has 106 valence electrons. The molecule has 4 nitrogen and oxygen atoms in total. The molecule has 1 aliphatic rings. The van der Waals surface area contributed by atoms with Gasteiger partial charge in [-0.15, -0.1) is 0 Å². The van der Waals surface area contributed by atoms with Crippen molar-refractivity contribution in [2.75, 3.05) is 20.1 Å². The molecule has 0 saturated heterocycles. The number of nitrogens with zero attached hydrogens (tertiary/aromatic N) is 1. The van der Waals surface area contributed by atoms with E-state index in [-0.39, 0.29) is 18.1 Å². The summed E-state index contributed by atoms with van der Waals surface area (Å²) in [5.74, 6) is 0.112. The Morgan fingerprint density at radius 1 is 1.33 bits per heavy atom. The predicted octanol–water partition coefficient (Wildman–Crippen LogP) is 1.79. The van der Waals surface area contributed by atoms with Crippen molar-refractivity contribution in [3.8, 4) is 0 Å². The van der Waals surface area contributed by atoms with Crippen molar-refractivity contribution >= 4 is 5.91 Å². The van der Waals surface area contributed by atoms with Crippen molar-refractivity contribution in [2.24, 2.45) is 0 Å². The molecule has 0 aromatic carbocycles. The van der Waals surface area contributed by atoms with Crippen molar-refractivity contribution in [3.05, 3.63) is 0 Å². The lowest BCUT2D eigenvalue weighted by Crippen LogP contribution is -2.47. The van der Waals surface area contributed by atoms with Crippen LogP contribution in [0.1, 0.15) is 46.5 Å². The highest BCUT2D eigenvalue weighted by Gasteiger charge is 2.29. The fraction of sp³-hybridized carbons (Fsp3) is 0.929. The summed E-state index contributed by atoms with van der Waals surface area (Å²) in [6.45, 7) is 7.39. The molecule has 1 rings (SSSR count).